The Morgan fingerprint density at radius 2 is 1.76 bits per heavy atom. The van der Waals surface area contributed by atoms with Crippen LogP contribution in [0.25, 0.3) is 16.6 Å². The molecule has 130 valence electrons. The lowest BCUT2D eigenvalue weighted by Gasteiger charge is -2.16. The van der Waals surface area contributed by atoms with E-state index in [9.17, 15) is 4.79 Å². The summed E-state index contributed by atoms with van der Waals surface area (Å²) in [5.41, 5.74) is 1.13. The van der Waals surface area contributed by atoms with E-state index in [0.29, 0.717) is 41.4 Å². The highest BCUT2D eigenvalue weighted by molar-refractivity contribution is 5.78. The Hall–Kier alpha value is -2.70. The molecule has 3 rings (SSSR count). The predicted molar refractivity (Wildman–Crippen MR) is 95.4 cm³/mol. The van der Waals surface area contributed by atoms with Crippen molar-refractivity contribution in [1.29, 1.82) is 0 Å². The minimum Gasteiger partial charge on any atom is -0.495 e. The summed E-state index contributed by atoms with van der Waals surface area (Å²) in [7, 11) is 3.19. The van der Waals surface area contributed by atoms with Gasteiger partial charge >= 0.3 is 0 Å². The zero-order chi connectivity index (χ0) is 17.6. The summed E-state index contributed by atoms with van der Waals surface area (Å²) in [4.78, 5) is 17.7. The Morgan fingerprint density at radius 1 is 1.00 bits per heavy atom. The molecule has 0 unspecified atom stereocenters. The Labute approximate surface area is 145 Å². The molecule has 0 atom stereocenters. The van der Waals surface area contributed by atoms with E-state index in [1.807, 2.05) is 42.5 Å². The maximum Gasteiger partial charge on any atom is 0.266 e. The number of aromatic nitrogens is 2. The lowest BCUT2D eigenvalue weighted by molar-refractivity contribution is 0.0578. The van der Waals surface area contributed by atoms with Crippen LogP contribution in [0.1, 0.15) is 5.82 Å². The SMILES string of the molecule is COCCOCc1nc2ccccc2c(=O)n1-c1ccccc1OC. The van der Waals surface area contributed by atoms with Crippen LogP contribution >= 0.6 is 0 Å². The van der Waals surface area contributed by atoms with Gasteiger partial charge in [0.2, 0.25) is 0 Å². The zero-order valence-electron chi connectivity index (χ0n) is 14.3. The first-order valence-electron chi connectivity index (χ1n) is 7.97. The molecule has 6 heteroatoms. The Morgan fingerprint density at radius 3 is 2.56 bits per heavy atom. The van der Waals surface area contributed by atoms with E-state index in [1.54, 1.807) is 24.9 Å². The molecule has 0 aliphatic carbocycles. The predicted octanol–water partition coefficient (Wildman–Crippen LogP) is 2.56. The van der Waals surface area contributed by atoms with Crippen molar-refractivity contribution < 1.29 is 14.2 Å². The first-order chi connectivity index (χ1) is 12.3. The second-order valence-electron chi connectivity index (χ2n) is 5.40. The van der Waals surface area contributed by atoms with E-state index in [4.69, 9.17) is 14.2 Å². The number of rotatable bonds is 7. The fourth-order valence-electron chi connectivity index (χ4n) is 2.64. The van der Waals surface area contributed by atoms with Crippen LogP contribution in [0.4, 0.5) is 0 Å². The summed E-state index contributed by atoms with van der Waals surface area (Å²) < 4.78 is 17.6. The molecule has 1 aromatic heterocycles. The Kier molecular flexibility index (Phi) is 5.42. The molecule has 0 N–H and O–H groups in total. The van der Waals surface area contributed by atoms with Gasteiger partial charge in [0.1, 0.15) is 18.2 Å². The van der Waals surface area contributed by atoms with Gasteiger partial charge in [0.25, 0.3) is 5.56 Å². The number of benzene rings is 2. The van der Waals surface area contributed by atoms with Crippen molar-refractivity contribution in [2.75, 3.05) is 27.4 Å². The van der Waals surface area contributed by atoms with Gasteiger partial charge in [-0.25, -0.2) is 4.98 Å². The standard InChI is InChI=1S/C19H20N2O4/c1-23-11-12-25-13-18-20-15-8-4-3-7-14(15)19(22)21(18)16-9-5-6-10-17(16)24-2/h3-10H,11-13H2,1-2H3. The van der Waals surface area contributed by atoms with Crippen molar-refractivity contribution in [2.45, 2.75) is 6.61 Å². The van der Waals surface area contributed by atoms with Gasteiger partial charge in [0, 0.05) is 7.11 Å². The smallest absolute Gasteiger partial charge is 0.266 e. The second kappa shape index (κ2) is 7.92. The molecular formula is C19H20N2O4. The maximum atomic E-state index is 13.1. The van der Waals surface area contributed by atoms with E-state index in [2.05, 4.69) is 4.98 Å². The van der Waals surface area contributed by atoms with Gasteiger partial charge in [-0.2, -0.15) is 0 Å². The van der Waals surface area contributed by atoms with Crippen LogP contribution in [-0.2, 0) is 16.1 Å². The molecule has 0 fully saturated rings. The molecule has 1 heterocycles. The number of para-hydroxylation sites is 3. The molecule has 0 saturated heterocycles. The lowest BCUT2D eigenvalue weighted by Crippen LogP contribution is -2.25. The van der Waals surface area contributed by atoms with Gasteiger partial charge in [-0.1, -0.05) is 24.3 Å². The van der Waals surface area contributed by atoms with Gasteiger partial charge in [0.15, 0.2) is 0 Å². The van der Waals surface area contributed by atoms with Crippen molar-refractivity contribution in [3.05, 3.63) is 64.7 Å². The largest absolute Gasteiger partial charge is 0.495 e. The summed E-state index contributed by atoms with van der Waals surface area (Å²) in [6.45, 7) is 1.10. The van der Waals surface area contributed by atoms with E-state index >= 15 is 0 Å². The fraction of sp³-hybridized carbons (Fsp3) is 0.263. The van der Waals surface area contributed by atoms with Crippen LogP contribution < -0.4 is 10.3 Å². The molecule has 25 heavy (non-hydrogen) atoms. The van der Waals surface area contributed by atoms with Crippen LogP contribution in [0.3, 0.4) is 0 Å². The highest BCUT2D eigenvalue weighted by Gasteiger charge is 2.15. The third kappa shape index (κ3) is 3.55. The summed E-state index contributed by atoms with van der Waals surface area (Å²) in [5.74, 6) is 1.11. The highest BCUT2D eigenvalue weighted by Crippen LogP contribution is 2.23. The normalized spacial score (nSPS) is 11.0. The topological polar surface area (TPSA) is 62.6 Å². The summed E-state index contributed by atoms with van der Waals surface area (Å²) in [5, 5.41) is 0.550. The van der Waals surface area contributed by atoms with Crippen LogP contribution in [0, 0.1) is 0 Å². The van der Waals surface area contributed by atoms with Crippen LogP contribution in [0.2, 0.25) is 0 Å². The second-order valence-corrected chi connectivity index (χ2v) is 5.40. The minimum atomic E-state index is -0.152. The molecule has 2 aromatic carbocycles. The van der Waals surface area contributed by atoms with Gasteiger partial charge in [0.05, 0.1) is 36.9 Å². The van der Waals surface area contributed by atoms with Crippen molar-refractivity contribution >= 4 is 10.9 Å². The van der Waals surface area contributed by atoms with Crippen LogP contribution in [0.5, 0.6) is 5.75 Å². The number of methoxy groups -OCH3 is 2. The fourth-order valence-corrected chi connectivity index (χ4v) is 2.64. The Bertz CT molecular complexity index is 921. The third-order valence-corrected chi connectivity index (χ3v) is 3.83. The molecule has 0 aliphatic rings. The van der Waals surface area contributed by atoms with Gasteiger partial charge in [-0.3, -0.25) is 9.36 Å². The third-order valence-electron chi connectivity index (χ3n) is 3.83. The van der Waals surface area contributed by atoms with Crippen molar-refractivity contribution in [1.82, 2.24) is 9.55 Å². The molecule has 0 aliphatic heterocycles. The van der Waals surface area contributed by atoms with Crippen LogP contribution in [-0.4, -0.2) is 37.0 Å². The monoisotopic (exact) mass is 340 g/mol. The number of ether oxygens (including phenoxy) is 3. The van der Waals surface area contributed by atoms with Crippen molar-refractivity contribution in [2.24, 2.45) is 0 Å². The molecule has 0 radical (unpaired) electrons. The van der Waals surface area contributed by atoms with E-state index in [0.717, 1.165) is 0 Å². The highest BCUT2D eigenvalue weighted by atomic mass is 16.5. The maximum absolute atomic E-state index is 13.1. The molecule has 0 bridgehead atoms. The molecular weight excluding hydrogens is 320 g/mol. The van der Waals surface area contributed by atoms with Crippen molar-refractivity contribution in [3.63, 3.8) is 0 Å². The quantitative estimate of drug-likeness (QED) is 0.619. The van der Waals surface area contributed by atoms with E-state index < -0.39 is 0 Å². The zero-order valence-corrected chi connectivity index (χ0v) is 14.3. The molecule has 0 amide bonds. The average molecular weight is 340 g/mol. The van der Waals surface area contributed by atoms with Crippen molar-refractivity contribution in [3.8, 4) is 11.4 Å². The summed E-state index contributed by atoms with van der Waals surface area (Å²) in [6.07, 6.45) is 0. The van der Waals surface area contributed by atoms with Gasteiger partial charge in [-0.15, -0.1) is 0 Å². The minimum absolute atomic E-state index is 0.152. The molecule has 0 spiro atoms. The van der Waals surface area contributed by atoms with Gasteiger partial charge in [-0.05, 0) is 24.3 Å². The number of hydrogen-bond donors (Lipinski definition) is 0. The molecule has 0 saturated carbocycles. The molecule has 6 nitrogen and oxygen atoms in total. The summed E-state index contributed by atoms with van der Waals surface area (Å²) >= 11 is 0. The molecule has 3 aromatic rings. The number of nitrogens with zero attached hydrogens (tertiary/aromatic N) is 2. The van der Waals surface area contributed by atoms with Gasteiger partial charge < -0.3 is 14.2 Å². The Balaban J connectivity index is 2.16. The first-order valence-corrected chi connectivity index (χ1v) is 7.97. The first kappa shape index (κ1) is 17.1. The van der Waals surface area contributed by atoms with E-state index in [-0.39, 0.29) is 12.2 Å². The van der Waals surface area contributed by atoms with E-state index in [1.165, 1.54) is 0 Å². The number of hydrogen-bond acceptors (Lipinski definition) is 5. The summed E-state index contributed by atoms with van der Waals surface area (Å²) in [6, 6.07) is 14.6. The number of fused-ring (bicyclic) bond motifs is 1. The van der Waals surface area contributed by atoms with Crippen LogP contribution in [0.15, 0.2) is 53.3 Å². The average Bonchev–Trinajstić information content (AvgIpc) is 2.65. The lowest BCUT2D eigenvalue weighted by atomic mass is 10.2.